The molecule has 2 aromatic heterocycles. The van der Waals surface area contributed by atoms with E-state index in [4.69, 9.17) is 41.6 Å². The monoisotopic (exact) mass is 709 g/mol. The van der Waals surface area contributed by atoms with Crippen molar-refractivity contribution in [3.8, 4) is 11.5 Å². The number of carbonyl (C=O) groups is 2. The number of rotatable bonds is 12. The molecule has 1 unspecified atom stereocenters. The van der Waals surface area contributed by atoms with E-state index < -0.39 is 23.8 Å². The number of nitrogens with zero attached hydrogens (tertiary/aromatic N) is 4. The van der Waals surface area contributed by atoms with Crippen LogP contribution in [-0.4, -0.2) is 84.9 Å². The number of carboxylic acids is 2. The van der Waals surface area contributed by atoms with Crippen LogP contribution in [0.4, 0.5) is 0 Å². The van der Waals surface area contributed by atoms with E-state index in [1.165, 1.54) is 11.8 Å². The average molecular weight is 710 g/mol. The van der Waals surface area contributed by atoms with Crippen LogP contribution >= 0.6 is 23.4 Å². The maximum atomic E-state index is 12.4. The Bertz CT molecular complexity index is 1760. The van der Waals surface area contributed by atoms with E-state index in [0.717, 1.165) is 67.5 Å². The third-order valence-electron chi connectivity index (χ3n) is 9.89. The number of thioether (sulfide) groups is 1. The molecule has 0 amide bonds. The summed E-state index contributed by atoms with van der Waals surface area (Å²) in [4.78, 5) is 35.5. The highest BCUT2D eigenvalue weighted by molar-refractivity contribution is 7.99. The van der Waals surface area contributed by atoms with Gasteiger partial charge in [0.25, 0.3) is 5.79 Å². The van der Waals surface area contributed by atoms with Gasteiger partial charge in [0, 0.05) is 48.3 Å². The number of aromatic nitrogens is 3. The summed E-state index contributed by atoms with van der Waals surface area (Å²) >= 11 is 7.42. The van der Waals surface area contributed by atoms with E-state index in [-0.39, 0.29) is 17.8 Å². The van der Waals surface area contributed by atoms with Crippen LogP contribution in [0.15, 0.2) is 42.1 Å². The second-order valence-corrected chi connectivity index (χ2v) is 14.8. The third-order valence-corrected chi connectivity index (χ3v) is 11.3. The van der Waals surface area contributed by atoms with E-state index in [2.05, 4.69) is 20.5 Å². The second kappa shape index (κ2) is 13.9. The summed E-state index contributed by atoms with van der Waals surface area (Å²) < 4.78 is 20.7. The van der Waals surface area contributed by atoms with Crippen molar-refractivity contribution in [2.24, 2.45) is 11.7 Å². The summed E-state index contributed by atoms with van der Waals surface area (Å²) in [5.41, 5.74) is 9.48. The van der Waals surface area contributed by atoms with Crippen LogP contribution in [0.25, 0.3) is 6.08 Å². The van der Waals surface area contributed by atoms with E-state index in [1.807, 2.05) is 25.1 Å². The molecule has 5 heterocycles. The van der Waals surface area contributed by atoms with Crippen LogP contribution in [0.3, 0.4) is 0 Å². The number of carboxylic acid groups (broad SMARTS) is 2. The fourth-order valence-electron chi connectivity index (χ4n) is 7.06. The number of hydrogen-bond acceptors (Lipinski definition) is 10. The number of para-hydroxylation sites is 1. The van der Waals surface area contributed by atoms with Crippen molar-refractivity contribution in [2.45, 2.75) is 69.5 Å². The van der Waals surface area contributed by atoms with Crippen molar-refractivity contribution < 1.29 is 34.0 Å². The molecule has 3 aliphatic heterocycles. The molecule has 12 nitrogen and oxygen atoms in total. The largest absolute Gasteiger partial charge is 0.480 e. The molecule has 4 atom stereocenters. The maximum absolute atomic E-state index is 12.4. The Morgan fingerprint density at radius 2 is 1.96 bits per heavy atom. The first-order valence-corrected chi connectivity index (χ1v) is 18.2. The lowest BCUT2D eigenvalue weighted by molar-refractivity contribution is -0.138. The molecule has 1 aromatic carbocycles. The first kappa shape index (κ1) is 33.9. The molecule has 14 heteroatoms. The Labute approximate surface area is 293 Å². The zero-order valence-electron chi connectivity index (χ0n) is 27.2. The summed E-state index contributed by atoms with van der Waals surface area (Å²) in [6, 6.07) is 8.68. The van der Waals surface area contributed by atoms with Crippen LogP contribution in [-0.2, 0) is 39.6 Å². The highest BCUT2D eigenvalue weighted by Crippen LogP contribution is 2.49. The summed E-state index contributed by atoms with van der Waals surface area (Å²) in [5, 5.41) is 19.8. The molecular formula is C35H40ClN5O7S. The van der Waals surface area contributed by atoms with Gasteiger partial charge < -0.3 is 34.7 Å². The predicted molar refractivity (Wildman–Crippen MR) is 184 cm³/mol. The van der Waals surface area contributed by atoms with Gasteiger partial charge in [-0.05, 0) is 69.0 Å². The Morgan fingerprint density at radius 3 is 2.63 bits per heavy atom. The molecule has 7 rings (SSSR count). The highest BCUT2D eigenvalue weighted by atomic mass is 35.5. The zero-order valence-corrected chi connectivity index (χ0v) is 28.8. The van der Waals surface area contributed by atoms with Crippen LogP contribution in [0.1, 0.15) is 60.6 Å². The number of hydrogen-bond donors (Lipinski definition) is 3. The molecule has 0 spiro atoms. The van der Waals surface area contributed by atoms with Crippen molar-refractivity contribution in [2.75, 3.05) is 31.2 Å². The standard InChI is InChI=1S/C35H40ClN5O7S/c1-35(30-6-5-22(36)15-38-30)47-29-4-2-3-24(32(29)48-35)20-7-10-40(11-8-20)17-31-39-27-13-21(18-49-19-26(37)34(44)45)25(33(42)43)14-28(27)41(31)16-23-9-12-46-23/h2-6,14-15,20-21,23,26H,7-13,16-19,37H2,1H3,(H,42,43)(H,44,45)/t21?,23-,26-,35-/m0/s1. The summed E-state index contributed by atoms with van der Waals surface area (Å²) in [6.45, 7) is 5.59. The highest BCUT2D eigenvalue weighted by Gasteiger charge is 2.42. The summed E-state index contributed by atoms with van der Waals surface area (Å²) in [7, 11) is 0. The molecule has 2 saturated heterocycles. The van der Waals surface area contributed by atoms with E-state index in [0.29, 0.717) is 53.2 Å². The first-order chi connectivity index (χ1) is 23.6. The molecule has 0 radical (unpaired) electrons. The molecule has 0 bridgehead atoms. The molecule has 4 N–H and O–H groups in total. The van der Waals surface area contributed by atoms with Gasteiger partial charge in [-0.15, -0.1) is 0 Å². The third kappa shape index (κ3) is 7.04. The van der Waals surface area contributed by atoms with Gasteiger partial charge in [-0.1, -0.05) is 23.7 Å². The van der Waals surface area contributed by atoms with Gasteiger partial charge in [0.05, 0.1) is 35.6 Å². The molecule has 3 aromatic rings. The van der Waals surface area contributed by atoms with Gasteiger partial charge in [-0.2, -0.15) is 11.8 Å². The van der Waals surface area contributed by atoms with E-state index in [9.17, 15) is 14.7 Å². The van der Waals surface area contributed by atoms with Gasteiger partial charge in [0.15, 0.2) is 11.5 Å². The second-order valence-electron chi connectivity index (χ2n) is 13.3. The average Bonchev–Trinajstić information content (AvgIpc) is 3.59. The number of piperidine rings is 1. The summed E-state index contributed by atoms with van der Waals surface area (Å²) in [5.74, 6) is -0.0320. The molecule has 2 fully saturated rings. The van der Waals surface area contributed by atoms with Gasteiger partial charge >= 0.3 is 11.9 Å². The van der Waals surface area contributed by atoms with Crippen LogP contribution < -0.4 is 15.2 Å². The molecule has 260 valence electrons. The van der Waals surface area contributed by atoms with E-state index in [1.54, 1.807) is 18.3 Å². The number of likely N-dealkylation sites (tertiary alicyclic amines) is 1. The quantitative estimate of drug-likeness (QED) is 0.241. The fourth-order valence-corrected chi connectivity index (χ4v) is 8.29. The Kier molecular flexibility index (Phi) is 9.64. The first-order valence-electron chi connectivity index (χ1n) is 16.6. The normalized spacial score (nSPS) is 24.2. The molecular weight excluding hydrogens is 670 g/mol. The van der Waals surface area contributed by atoms with Gasteiger partial charge in [-0.3, -0.25) is 14.7 Å². The number of benzene rings is 1. The van der Waals surface area contributed by atoms with Crippen LogP contribution in [0, 0.1) is 5.92 Å². The van der Waals surface area contributed by atoms with E-state index >= 15 is 0 Å². The minimum absolute atomic E-state index is 0.0754. The number of nitrogens with two attached hydrogens (primary N) is 1. The molecule has 49 heavy (non-hydrogen) atoms. The SMILES string of the molecule is C[C@]1(c2ccc(Cl)cn2)Oc2cccc(C3CCN(Cc4nc5c(n4C[C@@H]4CCO4)C=C(C(=O)O)C(CSC[C@H](N)C(=O)O)C5)CC3)c2O1. The van der Waals surface area contributed by atoms with Crippen LogP contribution in [0.2, 0.25) is 5.02 Å². The number of pyridine rings is 1. The smallest absolute Gasteiger partial charge is 0.331 e. The fraction of sp³-hybridized carbons (Fsp3) is 0.486. The van der Waals surface area contributed by atoms with Crippen molar-refractivity contribution >= 4 is 41.4 Å². The van der Waals surface area contributed by atoms with Crippen molar-refractivity contribution in [3.63, 3.8) is 0 Å². The van der Waals surface area contributed by atoms with Crippen molar-refractivity contribution in [1.29, 1.82) is 0 Å². The predicted octanol–water partition coefficient (Wildman–Crippen LogP) is 4.53. The molecule has 4 aliphatic rings. The molecule has 0 saturated carbocycles. The van der Waals surface area contributed by atoms with Crippen molar-refractivity contribution in [3.05, 3.63) is 75.6 Å². The zero-order chi connectivity index (χ0) is 34.3. The Hall–Kier alpha value is -3.62. The Morgan fingerprint density at radius 1 is 1.16 bits per heavy atom. The van der Waals surface area contributed by atoms with Gasteiger partial charge in [-0.25, -0.2) is 9.78 Å². The maximum Gasteiger partial charge on any atom is 0.331 e. The number of fused-ring (bicyclic) bond motifs is 2. The van der Waals surface area contributed by atoms with Gasteiger partial charge in [0.1, 0.15) is 17.6 Å². The minimum atomic E-state index is -1.07. The number of imidazole rings is 1. The number of halogens is 1. The van der Waals surface area contributed by atoms with Crippen molar-refractivity contribution in [1.82, 2.24) is 19.4 Å². The lowest BCUT2D eigenvalue weighted by Gasteiger charge is -2.33. The number of ether oxygens (including phenoxy) is 3. The lowest BCUT2D eigenvalue weighted by atomic mass is 9.88. The Balaban J connectivity index is 1.05. The van der Waals surface area contributed by atoms with Crippen LogP contribution in [0.5, 0.6) is 11.5 Å². The minimum Gasteiger partial charge on any atom is -0.480 e. The number of aliphatic carboxylic acids is 2. The molecule has 1 aliphatic carbocycles. The lowest BCUT2D eigenvalue weighted by Crippen LogP contribution is -2.36. The van der Waals surface area contributed by atoms with Gasteiger partial charge in [0.2, 0.25) is 0 Å². The summed E-state index contributed by atoms with van der Waals surface area (Å²) in [6.07, 6.45) is 6.72. The topological polar surface area (TPSA) is 162 Å².